The van der Waals surface area contributed by atoms with Gasteiger partial charge in [0, 0.05) is 5.69 Å². The zero-order chi connectivity index (χ0) is 16.4. The molecule has 0 amide bonds. The van der Waals surface area contributed by atoms with Crippen molar-refractivity contribution in [2.75, 3.05) is 5.73 Å². The topological polar surface area (TPSA) is 160 Å². The smallest absolute Gasteiger partial charge is 0.340 e. The summed E-state index contributed by atoms with van der Waals surface area (Å²) in [5.74, 6) is -2.47. The minimum absolute atomic E-state index is 0.0949. The van der Waals surface area contributed by atoms with E-state index in [4.69, 9.17) is 20.3 Å². The number of rotatable bonds is 3. The highest BCUT2D eigenvalue weighted by molar-refractivity contribution is 5.89. The van der Waals surface area contributed by atoms with Gasteiger partial charge in [0.2, 0.25) is 6.29 Å². The number of carboxylic acid groups (broad SMARTS) is 1. The molecule has 1 aromatic rings. The van der Waals surface area contributed by atoms with Crippen molar-refractivity contribution < 1.29 is 39.5 Å². The van der Waals surface area contributed by atoms with Gasteiger partial charge in [-0.1, -0.05) is 0 Å². The summed E-state index contributed by atoms with van der Waals surface area (Å²) >= 11 is 0. The molecule has 0 aliphatic carbocycles. The van der Waals surface area contributed by atoms with E-state index in [1.165, 1.54) is 24.3 Å². The Hall–Kier alpha value is -2.20. The maximum Gasteiger partial charge on any atom is 0.340 e. The second-order valence-corrected chi connectivity index (χ2v) is 4.76. The lowest BCUT2D eigenvalue weighted by Crippen LogP contribution is -2.60. The predicted molar refractivity (Wildman–Crippen MR) is 70.6 cm³/mol. The zero-order valence-electron chi connectivity index (χ0n) is 11.2. The summed E-state index contributed by atoms with van der Waals surface area (Å²) in [4.78, 5) is 22.8. The Morgan fingerprint density at radius 2 is 1.64 bits per heavy atom. The van der Waals surface area contributed by atoms with Gasteiger partial charge >= 0.3 is 11.9 Å². The fourth-order valence-electron chi connectivity index (χ4n) is 1.94. The number of hydrogen-bond acceptors (Lipinski definition) is 8. The van der Waals surface area contributed by atoms with Crippen LogP contribution in [0, 0.1) is 0 Å². The van der Waals surface area contributed by atoms with Crippen LogP contribution in [0.4, 0.5) is 5.69 Å². The Morgan fingerprint density at radius 3 is 2.18 bits per heavy atom. The van der Waals surface area contributed by atoms with Crippen LogP contribution >= 0.6 is 0 Å². The number of anilines is 1. The summed E-state index contributed by atoms with van der Waals surface area (Å²) in [7, 11) is 0. The number of benzene rings is 1. The Labute approximate surface area is 124 Å². The van der Waals surface area contributed by atoms with Crippen LogP contribution < -0.4 is 5.73 Å². The van der Waals surface area contributed by atoms with Crippen molar-refractivity contribution in [3.05, 3.63) is 29.8 Å². The van der Waals surface area contributed by atoms with Gasteiger partial charge in [-0.05, 0) is 24.3 Å². The highest BCUT2D eigenvalue weighted by Gasteiger charge is 2.48. The van der Waals surface area contributed by atoms with Crippen molar-refractivity contribution in [1.82, 2.24) is 0 Å². The third-order valence-corrected chi connectivity index (χ3v) is 3.18. The van der Waals surface area contributed by atoms with Gasteiger partial charge in [-0.2, -0.15) is 0 Å². The maximum atomic E-state index is 11.9. The second-order valence-electron chi connectivity index (χ2n) is 4.76. The standard InChI is InChI=1S/C13H15NO8/c14-6-3-1-5(2-4-6)12(20)22-13-9(17)7(15)8(16)10(21-13)11(18)19/h1-4,7-10,13,15-17H,14H2,(H,18,19)/t7-,8-,9+,10-,13+/m0/s1. The van der Waals surface area contributed by atoms with E-state index in [-0.39, 0.29) is 5.56 Å². The molecule has 0 radical (unpaired) electrons. The number of aliphatic hydroxyl groups is 3. The summed E-state index contributed by atoms with van der Waals surface area (Å²) in [5, 5.41) is 37.7. The fourth-order valence-corrected chi connectivity index (χ4v) is 1.94. The van der Waals surface area contributed by atoms with Crippen molar-refractivity contribution in [3.8, 4) is 0 Å². The number of nitrogens with two attached hydrogens (primary N) is 1. The van der Waals surface area contributed by atoms with Crippen LogP contribution in [-0.2, 0) is 14.3 Å². The molecule has 1 aliphatic heterocycles. The molecule has 1 aromatic carbocycles. The first kappa shape index (κ1) is 16.2. The number of carboxylic acids is 1. The third kappa shape index (κ3) is 3.17. The van der Waals surface area contributed by atoms with Crippen LogP contribution in [0.15, 0.2) is 24.3 Å². The molecule has 6 N–H and O–H groups in total. The largest absolute Gasteiger partial charge is 0.479 e. The Bertz CT molecular complexity index is 560. The molecule has 0 unspecified atom stereocenters. The average Bonchev–Trinajstić information content (AvgIpc) is 2.48. The van der Waals surface area contributed by atoms with Gasteiger partial charge in [0.1, 0.15) is 18.3 Å². The molecular weight excluding hydrogens is 298 g/mol. The molecule has 0 spiro atoms. The van der Waals surface area contributed by atoms with Crippen LogP contribution in [0.1, 0.15) is 10.4 Å². The van der Waals surface area contributed by atoms with Gasteiger partial charge in [0.15, 0.2) is 6.10 Å². The second kappa shape index (κ2) is 6.28. The summed E-state index contributed by atoms with van der Waals surface area (Å²) in [6.07, 6.45) is -9.03. The first-order valence-electron chi connectivity index (χ1n) is 6.30. The lowest BCUT2D eigenvalue weighted by Gasteiger charge is -2.37. The highest BCUT2D eigenvalue weighted by atomic mass is 16.7. The van der Waals surface area contributed by atoms with Crippen LogP contribution in [0.3, 0.4) is 0 Å². The number of ether oxygens (including phenoxy) is 2. The fraction of sp³-hybridized carbons (Fsp3) is 0.385. The molecule has 1 aliphatic rings. The van der Waals surface area contributed by atoms with E-state index >= 15 is 0 Å². The predicted octanol–water partition coefficient (Wildman–Crippen LogP) is -1.68. The number of nitrogen functional groups attached to an aromatic ring is 1. The lowest BCUT2D eigenvalue weighted by atomic mass is 9.99. The molecule has 0 saturated carbocycles. The quantitative estimate of drug-likeness (QED) is 0.324. The molecule has 1 saturated heterocycles. The van der Waals surface area contributed by atoms with E-state index in [0.717, 1.165) is 0 Å². The molecule has 2 rings (SSSR count). The number of aliphatic carboxylic acids is 1. The minimum atomic E-state index is -1.85. The third-order valence-electron chi connectivity index (χ3n) is 3.18. The van der Waals surface area contributed by atoms with Gasteiger partial charge in [-0.25, -0.2) is 9.59 Å². The van der Waals surface area contributed by atoms with Gasteiger partial charge in [0.05, 0.1) is 5.56 Å². The van der Waals surface area contributed by atoms with E-state index < -0.39 is 42.6 Å². The lowest BCUT2D eigenvalue weighted by molar-refractivity contribution is -0.278. The molecule has 9 nitrogen and oxygen atoms in total. The SMILES string of the molecule is Nc1ccc(C(=O)O[C@H]2O[C@H](C(=O)O)[C@@H](O)[C@H](O)[C@H]2O)cc1. The molecule has 0 bridgehead atoms. The number of esters is 1. The number of hydrogen-bond donors (Lipinski definition) is 5. The first-order valence-corrected chi connectivity index (χ1v) is 6.30. The zero-order valence-corrected chi connectivity index (χ0v) is 11.2. The van der Waals surface area contributed by atoms with Crippen molar-refractivity contribution in [2.24, 2.45) is 0 Å². The number of aliphatic hydroxyl groups excluding tert-OH is 3. The summed E-state index contributed by atoms with van der Waals surface area (Å²) < 4.78 is 9.67. The van der Waals surface area contributed by atoms with Gasteiger partial charge in [0.25, 0.3) is 0 Å². The maximum absolute atomic E-state index is 11.9. The molecule has 5 atom stereocenters. The summed E-state index contributed by atoms with van der Waals surface area (Å²) in [5.41, 5.74) is 6.00. The van der Waals surface area contributed by atoms with Crippen molar-refractivity contribution in [2.45, 2.75) is 30.7 Å². The van der Waals surface area contributed by atoms with Gasteiger partial charge in [-0.3, -0.25) is 0 Å². The minimum Gasteiger partial charge on any atom is -0.479 e. The van der Waals surface area contributed by atoms with Crippen molar-refractivity contribution in [3.63, 3.8) is 0 Å². The Kier molecular flexibility index (Phi) is 4.62. The molecule has 1 heterocycles. The molecule has 120 valence electrons. The van der Waals surface area contributed by atoms with Gasteiger partial charge < -0.3 is 35.6 Å². The normalized spacial score (nSPS) is 31.5. The van der Waals surface area contributed by atoms with E-state index in [2.05, 4.69) is 0 Å². The Balaban J connectivity index is 2.12. The average molecular weight is 313 g/mol. The summed E-state index contributed by atoms with van der Waals surface area (Å²) in [6, 6.07) is 5.64. The molecule has 0 aromatic heterocycles. The van der Waals surface area contributed by atoms with Crippen LogP contribution in [0.25, 0.3) is 0 Å². The summed E-state index contributed by atoms with van der Waals surface area (Å²) in [6.45, 7) is 0. The van der Waals surface area contributed by atoms with E-state index in [1.54, 1.807) is 0 Å². The van der Waals surface area contributed by atoms with Crippen molar-refractivity contribution in [1.29, 1.82) is 0 Å². The van der Waals surface area contributed by atoms with Crippen LogP contribution in [-0.4, -0.2) is 63.1 Å². The monoisotopic (exact) mass is 313 g/mol. The molecule has 1 fully saturated rings. The van der Waals surface area contributed by atoms with Crippen LogP contribution in [0.2, 0.25) is 0 Å². The molecule has 22 heavy (non-hydrogen) atoms. The number of carbonyl (C=O) groups excluding carboxylic acids is 1. The molecular formula is C13H15NO8. The highest BCUT2D eigenvalue weighted by Crippen LogP contribution is 2.23. The first-order chi connectivity index (χ1) is 10.3. The molecule has 9 heteroatoms. The van der Waals surface area contributed by atoms with E-state index in [9.17, 15) is 24.9 Å². The van der Waals surface area contributed by atoms with E-state index in [1.807, 2.05) is 0 Å². The number of carbonyl (C=O) groups is 2. The van der Waals surface area contributed by atoms with E-state index in [0.29, 0.717) is 5.69 Å². The van der Waals surface area contributed by atoms with Crippen molar-refractivity contribution >= 4 is 17.6 Å². The van der Waals surface area contributed by atoms with Gasteiger partial charge in [-0.15, -0.1) is 0 Å². The van der Waals surface area contributed by atoms with Crippen LogP contribution in [0.5, 0.6) is 0 Å². The Morgan fingerprint density at radius 1 is 1.05 bits per heavy atom.